The average molecular weight is 288 g/mol. The first-order chi connectivity index (χ1) is 8.60. The summed E-state index contributed by atoms with van der Waals surface area (Å²) in [4.78, 5) is 4.22. The number of nitrogens with zero attached hydrogens (tertiary/aromatic N) is 1. The van der Waals surface area contributed by atoms with Crippen molar-refractivity contribution in [3.8, 4) is 0 Å². The molecule has 18 heavy (non-hydrogen) atoms. The van der Waals surface area contributed by atoms with Crippen LogP contribution in [0.5, 0.6) is 0 Å². The van der Waals surface area contributed by atoms with Crippen LogP contribution in [0.25, 0.3) is 0 Å². The molecule has 0 spiro atoms. The third-order valence-corrected chi connectivity index (χ3v) is 4.25. The first kappa shape index (κ1) is 13.8. The Kier molecular flexibility index (Phi) is 4.57. The average Bonchev–Trinajstić information content (AvgIpc) is 2.36. The van der Waals surface area contributed by atoms with Crippen molar-refractivity contribution < 1.29 is 0 Å². The summed E-state index contributed by atoms with van der Waals surface area (Å²) >= 11 is 12.0. The van der Waals surface area contributed by atoms with Crippen molar-refractivity contribution in [3.05, 3.63) is 16.1 Å². The highest BCUT2D eigenvalue weighted by molar-refractivity contribution is 6.37. The molecule has 0 radical (unpaired) electrons. The zero-order chi connectivity index (χ0) is 13.1. The lowest BCUT2D eigenvalue weighted by Crippen LogP contribution is -2.27. The number of nitrogens with one attached hydrogen (secondary N) is 1. The van der Waals surface area contributed by atoms with E-state index in [-0.39, 0.29) is 0 Å². The van der Waals surface area contributed by atoms with Gasteiger partial charge in [0.2, 0.25) is 0 Å². The predicted octanol–water partition coefficient (Wildman–Crippen LogP) is 4.35. The Morgan fingerprint density at radius 1 is 1.39 bits per heavy atom. The van der Waals surface area contributed by atoms with Gasteiger partial charge in [0.05, 0.1) is 10.0 Å². The minimum atomic E-state index is 0.325. The molecule has 1 saturated carbocycles. The smallest absolute Gasteiger partial charge is 0.147 e. The highest BCUT2D eigenvalue weighted by atomic mass is 35.5. The maximum absolute atomic E-state index is 6.13. The molecule has 2 atom stereocenters. The highest BCUT2D eigenvalue weighted by Crippen LogP contribution is 2.32. The molecule has 1 fully saturated rings. The summed E-state index contributed by atoms with van der Waals surface area (Å²) in [5.74, 6) is 1.78. The molecule has 0 bridgehead atoms. The van der Waals surface area contributed by atoms with Gasteiger partial charge < -0.3 is 11.1 Å². The van der Waals surface area contributed by atoms with E-state index in [1.807, 2.05) is 0 Å². The Morgan fingerprint density at radius 3 is 2.89 bits per heavy atom. The molecule has 100 valence electrons. The summed E-state index contributed by atoms with van der Waals surface area (Å²) < 4.78 is 0. The molecule has 2 rings (SSSR count). The van der Waals surface area contributed by atoms with E-state index >= 15 is 0 Å². The van der Waals surface area contributed by atoms with Crippen molar-refractivity contribution in [2.24, 2.45) is 5.92 Å². The maximum atomic E-state index is 6.13. The molecule has 2 unspecified atom stereocenters. The van der Waals surface area contributed by atoms with Gasteiger partial charge in [0, 0.05) is 6.04 Å². The normalized spacial score (nSPS) is 23.9. The van der Waals surface area contributed by atoms with Gasteiger partial charge in [-0.25, -0.2) is 4.98 Å². The summed E-state index contributed by atoms with van der Waals surface area (Å²) in [5, 5.41) is 4.34. The Bertz CT molecular complexity index is 423. The molecule has 5 heteroatoms. The zero-order valence-corrected chi connectivity index (χ0v) is 12.1. The molecule has 3 nitrogen and oxygen atoms in total. The number of hydrogen-bond donors (Lipinski definition) is 2. The SMILES string of the molecule is CCC1CCCC(Nc2nc(N)c(Cl)cc2Cl)C1. The number of halogens is 2. The van der Waals surface area contributed by atoms with Crippen molar-refractivity contribution in [2.75, 3.05) is 11.1 Å². The lowest BCUT2D eigenvalue weighted by Gasteiger charge is -2.29. The molecule has 1 aromatic heterocycles. The zero-order valence-electron chi connectivity index (χ0n) is 10.5. The summed E-state index contributed by atoms with van der Waals surface area (Å²) in [6, 6.07) is 2.09. The van der Waals surface area contributed by atoms with Gasteiger partial charge in [-0.2, -0.15) is 0 Å². The number of hydrogen-bond acceptors (Lipinski definition) is 3. The van der Waals surface area contributed by atoms with Crippen LogP contribution < -0.4 is 11.1 Å². The number of pyridine rings is 1. The van der Waals surface area contributed by atoms with Gasteiger partial charge >= 0.3 is 0 Å². The molecule has 1 heterocycles. The van der Waals surface area contributed by atoms with E-state index in [1.165, 1.54) is 25.7 Å². The van der Waals surface area contributed by atoms with Gasteiger partial charge in [-0.1, -0.05) is 49.4 Å². The Balaban J connectivity index is 2.07. The second-order valence-electron chi connectivity index (χ2n) is 4.97. The molecule has 0 aromatic carbocycles. The first-order valence-corrected chi connectivity index (χ1v) is 7.23. The second kappa shape index (κ2) is 5.98. The molecular weight excluding hydrogens is 269 g/mol. The standard InChI is InChI=1S/C13H19Cl2N3/c1-2-8-4-3-5-9(6-8)17-13-11(15)7-10(14)12(16)18-13/h7-9H,2-6H2,1H3,(H3,16,17,18). The number of rotatable bonds is 3. The van der Waals surface area contributed by atoms with E-state index in [1.54, 1.807) is 6.07 Å². The van der Waals surface area contributed by atoms with Crippen LogP contribution in [0.1, 0.15) is 39.0 Å². The molecular formula is C13H19Cl2N3. The Morgan fingerprint density at radius 2 is 2.17 bits per heavy atom. The van der Waals surface area contributed by atoms with Crippen LogP contribution >= 0.6 is 23.2 Å². The van der Waals surface area contributed by atoms with E-state index in [0.29, 0.717) is 27.7 Å². The number of nitrogen functional groups attached to an aromatic ring is 1. The lowest BCUT2D eigenvalue weighted by molar-refractivity contribution is 0.327. The van der Waals surface area contributed by atoms with Gasteiger partial charge in [-0.05, 0) is 24.8 Å². The number of aromatic nitrogens is 1. The summed E-state index contributed by atoms with van der Waals surface area (Å²) in [5.41, 5.74) is 5.71. The van der Waals surface area contributed by atoms with Gasteiger partial charge in [-0.15, -0.1) is 0 Å². The van der Waals surface area contributed by atoms with Crippen LogP contribution in [0.3, 0.4) is 0 Å². The minimum Gasteiger partial charge on any atom is -0.382 e. The Labute approximate surface area is 118 Å². The molecule has 0 aliphatic heterocycles. The van der Waals surface area contributed by atoms with Crippen molar-refractivity contribution in [1.29, 1.82) is 0 Å². The Hall–Kier alpha value is -0.670. The lowest BCUT2D eigenvalue weighted by atomic mass is 9.84. The molecule has 1 aliphatic rings. The van der Waals surface area contributed by atoms with E-state index in [9.17, 15) is 0 Å². The van der Waals surface area contributed by atoms with E-state index in [0.717, 1.165) is 12.3 Å². The van der Waals surface area contributed by atoms with Gasteiger partial charge in [0.1, 0.15) is 11.6 Å². The number of anilines is 2. The van der Waals surface area contributed by atoms with E-state index < -0.39 is 0 Å². The molecule has 3 N–H and O–H groups in total. The number of nitrogens with two attached hydrogens (primary N) is 1. The van der Waals surface area contributed by atoms with Crippen molar-refractivity contribution in [2.45, 2.75) is 45.1 Å². The van der Waals surface area contributed by atoms with Gasteiger partial charge in [0.15, 0.2) is 0 Å². The van der Waals surface area contributed by atoms with Crippen molar-refractivity contribution in [3.63, 3.8) is 0 Å². The van der Waals surface area contributed by atoms with Gasteiger partial charge in [0.25, 0.3) is 0 Å². The summed E-state index contributed by atoms with van der Waals surface area (Å²) in [6.45, 7) is 2.25. The molecule has 0 amide bonds. The largest absolute Gasteiger partial charge is 0.382 e. The first-order valence-electron chi connectivity index (χ1n) is 6.48. The van der Waals surface area contributed by atoms with Crippen LogP contribution in [-0.2, 0) is 0 Å². The van der Waals surface area contributed by atoms with Crippen LogP contribution in [0.2, 0.25) is 10.0 Å². The molecule has 1 aromatic rings. The third-order valence-electron chi connectivity index (χ3n) is 3.66. The summed E-state index contributed by atoms with van der Waals surface area (Å²) in [6.07, 6.45) is 6.17. The predicted molar refractivity (Wildman–Crippen MR) is 78.3 cm³/mol. The topological polar surface area (TPSA) is 50.9 Å². The quantitative estimate of drug-likeness (QED) is 0.869. The fourth-order valence-corrected chi connectivity index (χ4v) is 2.98. The van der Waals surface area contributed by atoms with Crippen LogP contribution in [0, 0.1) is 5.92 Å². The van der Waals surface area contributed by atoms with Crippen molar-refractivity contribution in [1.82, 2.24) is 4.98 Å². The summed E-state index contributed by atoms with van der Waals surface area (Å²) in [7, 11) is 0. The minimum absolute atomic E-state index is 0.325. The molecule has 1 aliphatic carbocycles. The van der Waals surface area contributed by atoms with Crippen LogP contribution in [0.4, 0.5) is 11.6 Å². The van der Waals surface area contributed by atoms with Gasteiger partial charge in [-0.3, -0.25) is 0 Å². The van der Waals surface area contributed by atoms with Crippen molar-refractivity contribution >= 4 is 34.8 Å². The van der Waals surface area contributed by atoms with E-state index in [2.05, 4.69) is 17.2 Å². The van der Waals surface area contributed by atoms with Crippen LogP contribution in [-0.4, -0.2) is 11.0 Å². The highest BCUT2D eigenvalue weighted by Gasteiger charge is 2.21. The second-order valence-corrected chi connectivity index (χ2v) is 5.78. The fourth-order valence-electron chi connectivity index (χ4n) is 2.57. The van der Waals surface area contributed by atoms with Crippen LogP contribution in [0.15, 0.2) is 6.07 Å². The molecule has 0 saturated heterocycles. The fraction of sp³-hybridized carbons (Fsp3) is 0.615. The van der Waals surface area contributed by atoms with E-state index in [4.69, 9.17) is 28.9 Å². The maximum Gasteiger partial charge on any atom is 0.147 e. The monoisotopic (exact) mass is 287 g/mol. The third kappa shape index (κ3) is 3.21.